The molecule has 0 spiro atoms. The SMILES string of the molecule is Cc1cn([C@@H]2C[C@H](N=[N+]=[N-])[C@@H](COP(=O)([O-])OP(=O)([O-])OP(=O)([O-])OP(=O)([O-])OP(=O)([O-])OC[C@@H]3O[C@@H](n4cnc5c(N)ncnc54)[C@H](O)[C@H]3O)O2)c(=O)[nH]c1=O. The van der Waals surface area contributed by atoms with Crippen LogP contribution in [0.15, 0.2) is 33.6 Å². The van der Waals surface area contributed by atoms with Crippen molar-refractivity contribution in [3.63, 3.8) is 0 Å². The van der Waals surface area contributed by atoms with Crippen LogP contribution in [0.3, 0.4) is 0 Å². The summed E-state index contributed by atoms with van der Waals surface area (Å²) in [6, 6.07) is -1.28. The van der Waals surface area contributed by atoms with Gasteiger partial charge in [0.25, 0.3) is 44.7 Å². The summed E-state index contributed by atoms with van der Waals surface area (Å²) in [5, 5.41) is 24.2. The second-order valence-electron chi connectivity index (χ2n) is 11.4. The standard InChI is InChI=1S/C20H29N10O22P5/c1-8-3-29(20(34)26-18(8)33)12-2-9(27-28-22)10(47-12)4-45-53(35,36)49-55(39,40)51-57(43,44)52-56(41,42)50-54(37,38)46-5-11-14(31)15(32)19(48-11)30-7-25-13-16(21)23-6-24-17(13)30/h3,6-7,9-12,14-15,19,31-32H,2,4-5H2,1H3,(H,35,36)(H,37,38)(H,39,40)(H,41,42)(H,43,44)(H2,21,23,24)(H,26,33,34)/p-5/t9-,10+,11-,12-,14-,15+,19+/m0/s1. The molecule has 3 aromatic heterocycles. The summed E-state index contributed by atoms with van der Waals surface area (Å²) in [4.78, 5) is 101. The number of ether oxygens (including phenoxy) is 2. The van der Waals surface area contributed by atoms with Crippen LogP contribution in [-0.4, -0.2) is 83.0 Å². The van der Waals surface area contributed by atoms with E-state index in [9.17, 15) is 67.1 Å². The number of phosphoric acid groups is 5. The van der Waals surface area contributed by atoms with Gasteiger partial charge in [-0.25, -0.2) is 37.0 Å². The molecule has 5 unspecified atom stereocenters. The van der Waals surface area contributed by atoms with E-state index < -0.39 is 106 Å². The van der Waals surface area contributed by atoms with Crippen molar-refractivity contribution in [1.82, 2.24) is 29.1 Å². The number of nitrogens with one attached hydrogen (secondary N) is 1. The summed E-state index contributed by atoms with van der Waals surface area (Å²) in [6.07, 6.45) is -6.92. The Labute approximate surface area is 314 Å². The van der Waals surface area contributed by atoms with Gasteiger partial charge < -0.3 is 58.9 Å². The minimum atomic E-state index is -6.88. The molecule has 0 amide bonds. The molecule has 0 radical (unpaired) electrons. The first-order valence-electron chi connectivity index (χ1n) is 15.0. The summed E-state index contributed by atoms with van der Waals surface area (Å²) < 4.78 is 95.9. The lowest BCUT2D eigenvalue weighted by Crippen LogP contribution is -2.34. The van der Waals surface area contributed by atoms with Gasteiger partial charge in [-0.05, 0) is 12.5 Å². The van der Waals surface area contributed by atoms with E-state index in [-0.39, 0.29) is 29.0 Å². The van der Waals surface area contributed by atoms with Crippen molar-refractivity contribution in [2.45, 2.75) is 56.3 Å². The second-order valence-corrected chi connectivity index (χ2v) is 19.0. The Bertz CT molecular complexity index is 2420. The summed E-state index contributed by atoms with van der Waals surface area (Å²) in [5.74, 6) is -0.0670. The maximum absolute atomic E-state index is 12.2. The van der Waals surface area contributed by atoms with E-state index in [1.165, 1.54) is 6.92 Å². The number of hydrogen-bond acceptors (Lipinski definition) is 27. The number of nitrogen functional groups attached to an aromatic ring is 1. The van der Waals surface area contributed by atoms with E-state index in [0.717, 1.165) is 28.0 Å². The summed E-state index contributed by atoms with van der Waals surface area (Å²) >= 11 is 0. The van der Waals surface area contributed by atoms with Crippen molar-refractivity contribution < 1.29 is 93.3 Å². The number of imidazole rings is 1. The Morgan fingerprint density at radius 3 is 2.04 bits per heavy atom. The molecule has 5 N–H and O–H groups in total. The fraction of sp³-hybridized carbons (Fsp3) is 0.550. The quantitative estimate of drug-likeness (QED) is 0.0438. The highest BCUT2D eigenvalue weighted by atomic mass is 31.3. The maximum Gasteiger partial charge on any atom is 0.330 e. The van der Waals surface area contributed by atoms with Gasteiger partial charge in [0.2, 0.25) is 0 Å². The number of fused-ring (bicyclic) bond motifs is 1. The molecule has 3 aromatic rings. The number of rotatable bonds is 17. The predicted molar refractivity (Wildman–Crippen MR) is 167 cm³/mol. The molecule has 2 fully saturated rings. The zero-order chi connectivity index (χ0) is 42.3. The average molecular weight is 911 g/mol. The highest BCUT2D eigenvalue weighted by Crippen LogP contribution is 2.69. The van der Waals surface area contributed by atoms with Crippen LogP contribution in [0.1, 0.15) is 24.4 Å². The van der Waals surface area contributed by atoms with Crippen molar-refractivity contribution in [3.8, 4) is 0 Å². The smallest absolute Gasteiger partial charge is 0.330 e. The molecule has 5 heterocycles. The summed E-state index contributed by atoms with van der Waals surface area (Å²) in [7, 11) is -32.9. The van der Waals surface area contributed by atoms with E-state index >= 15 is 0 Å². The summed E-state index contributed by atoms with van der Waals surface area (Å²) in [5.41, 5.74) is 13.0. The molecule has 57 heavy (non-hydrogen) atoms. The minimum absolute atomic E-state index is 0.0119. The Hall–Kier alpha value is -3.11. The lowest BCUT2D eigenvalue weighted by molar-refractivity contribution is -0.256. The number of aliphatic hydroxyl groups excluding tert-OH is 2. The van der Waals surface area contributed by atoms with Crippen LogP contribution < -0.4 is 41.4 Å². The van der Waals surface area contributed by atoms with Crippen LogP contribution in [0, 0.1) is 6.92 Å². The van der Waals surface area contributed by atoms with Gasteiger partial charge in [0.05, 0.1) is 31.7 Å². The van der Waals surface area contributed by atoms with Crippen molar-refractivity contribution in [2.24, 2.45) is 5.11 Å². The van der Waals surface area contributed by atoms with Crippen molar-refractivity contribution in [1.29, 1.82) is 0 Å². The van der Waals surface area contributed by atoms with Gasteiger partial charge in [-0.2, -0.15) is 0 Å². The van der Waals surface area contributed by atoms with Gasteiger partial charge in [0.1, 0.15) is 36.4 Å². The van der Waals surface area contributed by atoms with E-state index in [1.807, 2.05) is 4.98 Å². The molecule has 0 aliphatic carbocycles. The third-order valence-electron chi connectivity index (χ3n) is 7.45. The van der Waals surface area contributed by atoms with Crippen LogP contribution in [-0.2, 0) is 58.6 Å². The Balaban J connectivity index is 1.14. The Morgan fingerprint density at radius 1 is 0.895 bits per heavy atom. The van der Waals surface area contributed by atoms with Gasteiger partial charge in [0.15, 0.2) is 17.7 Å². The summed E-state index contributed by atoms with van der Waals surface area (Å²) in [6.45, 7) is -1.18. The maximum atomic E-state index is 12.2. The minimum Gasteiger partial charge on any atom is -0.756 e. The monoisotopic (exact) mass is 911 g/mol. The molecular weight excluding hydrogens is 887 g/mol. The highest BCUT2D eigenvalue weighted by Gasteiger charge is 2.45. The number of phosphoric ester groups is 2. The van der Waals surface area contributed by atoms with Gasteiger partial charge in [-0.3, -0.25) is 41.7 Å². The number of azide groups is 1. The third-order valence-corrected chi connectivity index (χ3v) is 14.8. The van der Waals surface area contributed by atoms with Gasteiger partial charge in [0, 0.05) is 23.1 Å². The first-order valence-corrected chi connectivity index (χ1v) is 22.3. The van der Waals surface area contributed by atoms with Crippen molar-refractivity contribution in [2.75, 3.05) is 18.9 Å². The van der Waals surface area contributed by atoms with Gasteiger partial charge >= 0.3 is 5.69 Å². The molecule has 2 saturated heterocycles. The zero-order valence-corrected chi connectivity index (χ0v) is 32.3. The molecule has 12 atom stereocenters. The van der Waals surface area contributed by atoms with Crippen molar-refractivity contribution >= 4 is 56.1 Å². The second kappa shape index (κ2) is 16.9. The fourth-order valence-corrected chi connectivity index (χ4v) is 11.2. The topological polar surface area (TPSA) is 488 Å². The van der Waals surface area contributed by atoms with Crippen LogP contribution in [0.2, 0.25) is 0 Å². The van der Waals surface area contributed by atoms with Crippen LogP contribution in [0.25, 0.3) is 21.6 Å². The number of anilines is 1. The molecule has 5 rings (SSSR count). The Morgan fingerprint density at radius 2 is 1.46 bits per heavy atom. The first kappa shape index (κ1) is 45.0. The number of aryl methyl sites for hydroxylation is 1. The fourth-order valence-electron chi connectivity index (χ4n) is 5.09. The molecule has 2 aliphatic heterocycles. The Kier molecular flexibility index (Phi) is 13.3. The van der Waals surface area contributed by atoms with Gasteiger partial charge in [-0.15, -0.1) is 0 Å². The molecular formula is C20H24N10O22P5-5. The number of hydrogen-bond donors (Lipinski definition) is 4. The normalized spacial score (nSPS) is 29.1. The molecule has 316 valence electrons. The van der Waals surface area contributed by atoms with E-state index in [4.69, 9.17) is 20.7 Å². The number of aromatic amines is 1. The number of nitrogens with two attached hydrogens (primary N) is 1. The first-order chi connectivity index (χ1) is 26.3. The van der Waals surface area contributed by atoms with Crippen LogP contribution in [0.4, 0.5) is 5.82 Å². The lowest BCUT2D eigenvalue weighted by atomic mass is 10.1. The number of nitrogens with zero attached hydrogens (tertiary/aromatic N) is 8. The van der Waals surface area contributed by atoms with E-state index in [1.54, 1.807) is 0 Å². The average Bonchev–Trinajstić information content (AvgIpc) is 3.75. The molecule has 2 aliphatic rings. The zero-order valence-electron chi connectivity index (χ0n) is 27.8. The highest BCUT2D eigenvalue weighted by molar-refractivity contribution is 7.70. The molecule has 32 nitrogen and oxygen atoms in total. The number of aliphatic hydroxyl groups is 2. The van der Waals surface area contributed by atoms with Gasteiger partial charge in [-0.1, -0.05) is 5.11 Å². The number of aromatic nitrogens is 6. The molecule has 0 aromatic carbocycles. The van der Waals surface area contributed by atoms with Crippen LogP contribution in [0.5, 0.6) is 0 Å². The molecule has 37 heteroatoms. The molecule has 0 saturated carbocycles. The van der Waals surface area contributed by atoms with E-state index in [0.29, 0.717) is 0 Å². The largest absolute Gasteiger partial charge is 0.756 e. The van der Waals surface area contributed by atoms with Crippen molar-refractivity contribution in [3.05, 3.63) is 55.7 Å². The third kappa shape index (κ3) is 11.1. The molecule has 0 bridgehead atoms. The number of H-pyrrole nitrogens is 1. The van der Waals surface area contributed by atoms with E-state index in [2.05, 4.69) is 51.3 Å². The van der Waals surface area contributed by atoms with Crippen LogP contribution >= 0.6 is 39.1 Å². The lowest BCUT2D eigenvalue weighted by Gasteiger charge is -2.37. The predicted octanol–water partition coefficient (Wildman–Crippen LogP) is -3.71.